The van der Waals surface area contributed by atoms with Crippen LogP contribution in [-0.4, -0.2) is 37.6 Å². The molecule has 0 saturated carbocycles. The monoisotopic (exact) mass is 422 g/mol. The number of aromatic nitrogens is 5. The number of carbonyl (C=O) groups excluding carboxylic acids is 1. The number of rotatable bonds is 8. The fraction of sp³-hybridized carbons (Fsp3) is 0.143. The number of nitrogens with one attached hydrogen (secondary N) is 1. The number of nitrogens with zero attached hydrogens (tertiary/aromatic N) is 5. The zero-order chi connectivity index (χ0) is 21.6. The van der Waals surface area contributed by atoms with Crippen molar-refractivity contribution < 1.29 is 18.7 Å². The molecule has 0 radical (unpaired) electrons. The quantitative estimate of drug-likeness (QED) is 0.469. The maximum absolute atomic E-state index is 13.8. The molecule has 0 fully saturated rings. The summed E-state index contributed by atoms with van der Waals surface area (Å²) in [6.07, 6.45) is 3.05. The zero-order valence-electron chi connectivity index (χ0n) is 16.6. The maximum Gasteiger partial charge on any atom is 0.278 e. The first kappa shape index (κ1) is 20.1. The van der Waals surface area contributed by atoms with Crippen molar-refractivity contribution in [3.05, 3.63) is 84.2 Å². The van der Waals surface area contributed by atoms with Gasteiger partial charge in [0.25, 0.3) is 5.91 Å². The van der Waals surface area contributed by atoms with Crippen LogP contribution in [0, 0.1) is 5.82 Å². The highest BCUT2D eigenvalue weighted by atomic mass is 19.1. The summed E-state index contributed by atoms with van der Waals surface area (Å²) in [4.78, 5) is 16.4. The van der Waals surface area contributed by atoms with Crippen molar-refractivity contribution in [1.82, 2.24) is 24.5 Å². The highest BCUT2D eigenvalue weighted by molar-refractivity contribution is 6.01. The van der Waals surface area contributed by atoms with E-state index in [4.69, 9.17) is 9.47 Å². The van der Waals surface area contributed by atoms with E-state index in [0.29, 0.717) is 11.3 Å². The van der Waals surface area contributed by atoms with E-state index in [-0.39, 0.29) is 30.7 Å². The lowest BCUT2D eigenvalue weighted by Crippen LogP contribution is -2.15. The Kier molecular flexibility index (Phi) is 5.88. The SMILES string of the molecule is COc1ccc(OCn2ccc(C(=O)Nc3ncn(Cc4ccccc4F)n3)n2)cc1. The first-order valence-corrected chi connectivity index (χ1v) is 9.35. The van der Waals surface area contributed by atoms with Gasteiger partial charge in [-0.1, -0.05) is 18.2 Å². The molecule has 0 aliphatic rings. The van der Waals surface area contributed by atoms with Crippen LogP contribution in [0.1, 0.15) is 16.1 Å². The first-order valence-electron chi connectivity index (χ1n) is 9.35. The summed E-state index contributed by atoms with van der Waals surface area (Å²) in [5.74, 6) is 0.686. The summed E-state index contributed by atoms with van der Waals surface area (Å²) in [6.45, 7) is 0.335. The number of ether oxygens (including phenoxy) is 2. The Morgan fingerprint density at radius 3 is 2.58 bits per heavy atom. The van der Waals surface area contributed by atoms with Crippen LogP contribution in [0.3, 0.4) is 0 Å². The summed E-state index contributed by atoms with van der Waals surface area (Å²) < 4.78 is 27.4. The van der Waals surface area contributed by atoms with Gasteiger partial charge in [-0.3, -0.25) is 10.1 Å². The molecule has 9 nitrogen and oxygen atoms in total. The van der Waals surface area contributed by atoms with Gasteiger partial charge in [0.15, 0.2) is 12.4 Å². The lowest BCUT2D eigenvalue weighted by molar-refractivity contribution is 0.101. The molecule has 10 heteroatoms. The molecule has 158 valence electrons. The van der Waals surface area contributed by atoms with Crippen LogP contribution in [0.2, 0.25) is 0 Å². The highest BCUT2D eigenvalue weighted by Crippen LogP contribution is 2.17. The van der Waals surface area contributed by atoms with Crippen LogP contribution in [-0.2, 0) is 13.3 Å². The molecular formula is C21H19FN6O3. The number of anilines is 1. The fourth-order valence-electron chi connectivity index (χ4n) is 2.76. The number of amides is 1. The first-order chi connectivity index (χ1) is 15.1. The van der Waals surface area contributed by atoms with Gasteiger partial charge in [0.2, 0.25) is 5.95 Å². The molecule has 2 heterocycles. The van der Waals surface area contributed by atoms with Gasteiger partial charge in [-0.05, 0) is 36.4 Å². The van der Waals surface area contributed by atoms with E-state index >= 15 is 0 Å². The standard InChI is InChI=1S/C21H19FN6O3/c1-30-16-6-8-17(9-7-16)31-14-27-11-10-19(25-27)20(29)24-21-23-13-28(26-21)12-15-4-2-3-5-18(15)22/h2-11,13H,12,14H2,1H3,(H,24,26,29). The number of benzene rings is 2. The molecule has 1 N–H and O–H groups in total. The van der Waals surface area contributed by atoms with Crippen molar-refractivity contribution in [2.24, 2.45) is 0 Å². The number of hydrogen-bond acceptors (Lipinski definition) is 6. The smallest absolute Gasteiger partial charge is 0.278 e. The summed E-state index contributed by atoms with van der Waals surface area (Å²) >= 11 is 0. The minimum absolute atomic E-state index is 0.102. The molecule has 0 unspecified atom stereocenters. The Morgan fingerprint density at radius 2 is 1.81 bits per heavy atom. The van der Waals surface area contributed by atoms with E-state index < -0.39 is 5.91 Å². The van der Waals surface area contributed by atoms with Gasteiger partial charge in [0.1, 0.15) is 23.6 Å². The number of carbonyl (C=O) groups is 1. The maximum atomic E-state index is 13.8. The topological polar surface area (TPSA) is 96.1 Å². The summed E-state index contributed by atoms with van der Waals surface area (Å²) in [5, 5.41) is 10.9. The van der Waals surface area contributed by atoms with E-state index in [1.807, 2.05) is 0 Å². The van der Waals surface area contributed by atoms with E-state index in [1.165, 1.54) is 21.8 Å². The summed E-state index contributed by atoms with van der Waals surface area (Å²) in [6, 6.07) is 15.1. The van der Waals surface area contributed by atoms with Crippen LogP contribution in [0.25, 0.3) is 0 Å². The molecular weight excluding hydrogens is 403 g/mol. The van der Waals surface area contributed by atoms with E-state index in [9.17, 15) is 9.18 Å². The van der Waals surface area contributed by atoms with Crippen LogP contribution in [0.5, 0.6) is 11.5 Å². The van der Waals surface area contributed by atoms with Gasteiger partial charge in [-0.25, -0.2) is 18.7 Å². The molecule has 4 rings (SSSR count). The molecule has 0 aliphatic carbocycles. The van der Waals surface area contributed by atoms with Crippen molar-refractivity contribution in [3.8, 4) is 11.5 Å². The van der Waals surface area contributed by atoms with Crippen molar-refractivity contribution >= 4 is 11.9 Å². The Labute approximate surface area is 177 Å². The molecule has 0 bridgehead atoms. The molecule has 0 spiro atoms. The molecule has 2 aromatic heterocycles. The molecule has 0 aliphatic heterocycles. The molecule has 1 amide bonds. The van der Waals surface area contributed by atoms with Crippen LogP contribution in [0.15, 0.2) is 67.1 Å². The molecule has 0 atom stereocenters. The van der Waals surface area contributed by atoms with Gasteiger partial charge >= 0.3 is 0 Å². The van der Waals surface area contributed by atoms with Crippen LogP contribution in [0.4, 0.5) is 10.3 Å². The van der Waals surface area contributed by atoms with Crippen molar-refractivity contribution in [2.45, 2.75) is 13.3 Å². The Morgan fingerprint density at radius 1 is 1.03 bits per heavy atom. The molecule has 0 saturated heterocycles. The second-order valence-corrected chi connectivity index (χ2v) is 6.50. The second-order valence-electron chi connectivity index (χ2n) is 6.50. The fourth-order valence-corrected chi connectivity index (χ4v) is 2.76. The average Bonchev–Trinajstić information content (AvgIpc) is 3.44. The molecule has 2 aromatic carbocycles. The third kappa shape index (κ3) is 5.04. The number of hydrogen-bond donors (Lipinski definition) is 1. The van der Waals surface area contributed by atoms with E-state index in [1.54, 1.807) is 61.8 Å². The van der Waals surface area contributed by atoms with Crippen molar-refractivity contribution in [2.75, 3.05) is 12.4 Å². The average molecular weight is 422 g/mol. The Bertz CT molecular complexity index is 1170. The van der Waals surface area contributed by atoms with Crippen molar-refractivity contribution in [1.29, 1.82) is 0 Å². The summed E-state index contributed by atoms with van der Waals surface area (Å²) in [5.41, 5.74) is 0.657. The van der Waals surface area contributed by atoms with Gasteiger partial charge in [0.05, 0.1) is 13.7 Å². The van der Waals surface area contributed by atoms with Crippen LogP contribution < -0.4 is 14.8 Å². The molecule has 31 heavy (non-hydrogen) atoms. The Balaban J connectivity index is 1.32. The second kappa shape index (κ2) is 9.08. The van der Waals surface area contributed by atoms with Gasteiger partial charge in [0, 0.05) is 11.8 Å². The molecule has 4 aromatic rings. The lowest BCUT2D eigenvalue weighted by Gasteiger charge is -2.07. The normalized spacial score (nSPS) is 10.6. The summed E-state index contributed by atoms with van der Waals surface area (Å²) in [7, 11) is 1.59. The third-order valence-corrected chi connectivity index (χ3v) is 4.35. The third-order valence-electron chi connectivity index (χ3n) is 4.35. The van der Waals surface area contributed by atoms with Gasteiger partial charge in [-0.15, -0.1) is 5.10 Å². The lowest BCUT2D eigenvalue weighted by atomic mass is 10.2. The van der Waals surface area contributed by atoms with Gasteiger partial charge < -0.3 is 9.47 Å². The Hall–Kier alpha value is -4.21. The zero-order valence-corrected chi connectivity index (χ0v) is 16.6. The van der Waals surface area contributed by atoms with Crippen LogP contribution >= 0.6 is 0 Å². The predicted molar refractivity (Wildman–Crippen MR) is 109 cm³/mol. The predicted octanol–water partition coefficient (Wildman–Crippen LogP) is 2.96. The highest BCUT2D eigenvalue weighted by Gasteiger charge is 2.13. The number of halogens is 1. The van der Waals surface area contributed by atoms with E-state index in [2.05, 4.69) is 20.5 Å². The van der Waals surface area contributed by atoms with Gasteiger partial charge in [-0.2, -0.15) is 5.10 Å². The number of methoxy groups -OCH3 is 1. The largest absolute Gasteiger partial charge is 0.497 e. The minimum atomic E-state index is -0.466. The van der Waals surface area contributed by atoms with Crippen molar-refractivity contribution in [3.63, 3.8) is 0 Å². The minimum Gasteiger partial charge on any atom is -0.497 e. The van der Waals surface area contributed by atoms with E-state index in [0.717, 1.165) is 5.75 Å².